The Kier molecular flexibility index (Phi) is 3.69. The Hall–Kier alpha value is -1.20. The fourth-order valence-corrected chi connectivity index (χ4v) is 1.70. The largest absolute Gasteiger partial charge is 0.383 e. The van der Waals surface area contributed by atoms with Crippen molar-refractivity contribution in [1.29, 1.82) is 0 Å². The van der Waals surface area contributed by atoms with Crippen LogP contribution < -0.4 is 0 Å². The number of halogens is 1. The van der Waals surface area contributed by atoms with Crippen LogP contribution in [0.15, 0.2) is 35.1 Å². The Labute approximate surface area is 102 Å². The highest BCUT2D eigenvalue weighted by molar-refractivity contribution is 9.10. The summed E-state index contributed by atoms with van der Waals surface area (Å²) >= 11 is 3.41. The van der Waals surface area contributed by atoms with E-state index in [1.165, 1.54) is 0 Å². The molecule has 5 heteroatoms. The zero-order valence-electron chi connectivity index (χ0n) is 8.93. The van der Waals surface area contributed by atoms with Gasteiger partial charge in [-0.3, -0.25) is 0 Å². The lowest BCUT2D eigenvalue weighted by atomic mass is 10.2. The predicted octanol–water partition coefficient (Wildman–Crippen LogP) is 2.35. The third kappa shape index (κ3) is 2.48. The molecular formula is C11H12BrN3O. The summed E-state index contributed by atoms with van der Waals surface area (Å²) in [6.07, 6.45) is 1.72. The lowest BCUT2D eigenvalue weighted by Gasteiger charge is -2.05. The summed E-state index contributed by atoms with van der Waals surface area (Å²) in [5.74, 6) is 0.865. The first-order valence-corrected chi connectivity index (χ1v) is 5.73. The van der Waals surface area contributed by atoms with E-state index in [-0.39, 0.29) is 0 Å². The minimum Gasteiger partial charge on any atom is -0.383 e. The van der Waals surface area contributed by atoms with Crippen molar-refractivity contribution >= 4 is 15.9 Å². The zero-order valence-corrected chi connectivity index (χ0v) is 10.5. The van der Waals surface area contributed by atoms with Gasteiger partial charge in [0.15, 0.2) is 5.82 Å². The number of nitrogens with zero attached hydrogens (tertiary/aromatic N) is 3. The van der Waals surface area contributed by atoms with Crippen molar-refractivity contribution in [2.75, 3.05) is 13.7 Å². The van der Waals surface area contributed by atoms with Crippen LogP contribution in [0, 0.1) is 0 Å². The van der Waals surface area contributed by atoms with Gasteiger partial charge in [0, 0.05) is 23.7 Å². The standard InChI is InChI=1S/C11H12BrN3O/c1-16-7-6-15-8-13-14-11(15)9-2-4-10(12)5-3-9/h2-5,8H,6-7H2,1H3. The van der Waals surface area contributed by atoms with Crippen LogP contribution >= 0.6 is 15.9 Å². The number of ether oxygens (including phenoxy) is 1. The average molecular weight is 282 g/mol. The van der Waals surface area contributed by atoms with Gasteiger partial charge in [-0.2, -0.15) is 0 Å². The first-order chi connectivity index (χ1) is 7.81. The van der Waals surface area contributed by atoms with E-state index < -0.39 is 0 Å². The molecule has 1 aromatic carbocycles. The Morgan fingerprint density at radius 2 is 2.06 bits per heavy atom. The zero-order chi connectivity index (χ0) is 11.4. The quantitative estimate of drug-likeness (QED) is 0.864. The maximum Gasteiger partial charge on any atom is 0.163 e. The molecule has 2 aromatic rings. The van der Waals surface area contributed by atoms with Gasteiger partial charge < -0.3 is 9.30 Å². The second kappa shape index (κ2) is 5.23. The van der Waals surface area contributed by atoms with Gasteiger partial charge in [0.05, 0.1) is 6.61 Å². The van der Waals surface area contributed by atoms with E-state index in [2.05, 4.69) is 26.1 Å². The van der Waals surface area contributed by atoms with Gasteiger partial charge >= 0.3 is 0 Å². The van der Waals surface area contributed by atoms with Gasteiger partial charge in [-0.15, -0.1) is 10.2 Å². The smallest absolute Gasteiger partial charge is 0.163 e. The number of methoxy groups -OCH3 is 1. The molecule has 1 heterocycles. The molecule has 4 nitrogen and oxygen atoms in total. The van der Waals surface area contributed by atoms with E-state index in [9.17, 15) is 0 Å². The SMILES string of the molecule is COCCn1cnnc1-c1ccc(Br)cc1. The van der Waals surface area contributed by atoms with Crippen LogP contribution in [0.25, 0.3) is 11.4 Å². The molecule has 2 rings (SSSR count). The van der Waals surface area contributed by atoms with Crippen LogP contribution in [0.5, 0.6) is 0 Å². The molecule has 0 spiro atoms. The highest BCUT2D eigenvalue weighted by atomic mass is 79.9. The Bertz CT molecular complexity index is 453. The maximum absolute atomic E-state index is 5.04. The minimum absolute atomic E-state index is 0.654. The Balaban J connectivity index is 2.26. The molecule has 84 valence electrons. The van der Waals surface area contributed by atoms with E-state index >= 15 is 0 Å². The normalized spacial score (nSPS) is 10.6. The summed E-state index contributed by atoms with van der Waals surface area (Å²) in [4.78, 5) is 0. The molecule has 0 unspecified atom stereocenters. The second-order valence-corrected chi connectivity index (χ2v) is 4.26. The van der Waals surface area contributed by atoms with Gasteiger partial charge in [-0.05, 0) is 12.1 Å². The molecule has 1 aromatic heterocycles. The van der Waals surface area contributed by atoms with E-state index in [0.717, 1.165) is 22.4 Å². The molecule has 0 saturated heterocycles. The van der Waals surface area contributed by atoms with Gasteiger partial charge in [-0.25, -0.2) is 0 Å². The van der Waals surface area contributed by atoms with Crippen LogP contribution in [0.3, 0.4) is 0 Å². The highest BCUT2D eigenvalue weighted by Gasteiger charge is 2.06. The summed E-state index contributed by atoms with van der Waals surface area (Å²) in [5, 5.41) is 8.03. The van der Waals surface area contributed by atoms with Crippen molar-refractivity contribution in [3.63, 3.8) is 0 Å². The molecular weight excluding hydrogens is 270 g/mol. The third-order valence-corrected chi connectivity index (χ3v) is 2.78. The first-order valence-electron chi connectivity index (χ1n) is 4.94. The highest BCUT2D eigenvalue weighted by Crippen LogP contribution is 2.19. The van der Waals surface area contributed by atoms with Crippen molar-refractivity contribution in [2.24, 2.45) is 0 Å². The molecule has 0 fully saturated rings. The molecule has 0 aliphatic carbocycles. The topological polar surface area (TPSA) is 39.9 Å². The molecule has 0 saturated carbocycles. The summed E-state index contributed by atoms with van der Waals surface area (Å²) < 4.78 is 8.07. The summed E-state index contributed by atoms with van der Waals surface area (Å²) in [7, 11) is 1.68. The van der Waals surface area contributed by atoms with Crippen molar-refractivity contribution in [3.8, 4) is 11.4 Å². The molecule has 0 atom stereocenters. The van der Waals surface area contributed by atoms with Gasteiger partial charge in [0.2, 0.25) is 0 Å². The van der Waals surface area contributed by atoms with Crippen molar-refractivity contribution in [1.82, 2.24) is 14.8 Å². The van der Waals surface area contributed by atoms with Crippen LogP contribution in [-0.2, 0) is 11.3 Å². The lowest BCUT2D eigenvalue weighted by molar-refractivity contribution is 0.187. The number of rotatable bonds is 4. The Morgan fingerprint density at radius 1 is 1.31 bits per heavy atom. The first kappa shape index (κ1) is 11.3. The molecule has 0 radical (unpaired) electrons. The molecule has 16 heavy (non-hydrogen) atoms. The predicted molar refractivity (Wildman–Crippen MR) is 65.0 cm³/mol. The van der Waals surface area contributed by atoms with Crippen LogP contribution in [-0.4, -0.2) is 28.5 Å². The van der Waals surface area contributed by atoms with Gasteiger partial charge in [-0.1, -0.05) is 28.1 Å². The van der Waals surface area contributed by atoms with E-state index in [4.69, 9.17) is 4.74 Å². The molecule has 0 aliphatic heterocycles. The average Bonchev–Trinajstić information content (AvgIpc) is 2.75. The molecule has 0 aliphatic rings. The van der Waals surface area contributed by atoms with E-state index in [0.29, 0.717) is 6.61 Å². The summed E-state index contributed by atoms with van der Waals surface area (Å²) in [5.41, 5.74) is 1.05. The van der Waals surface area contributed by atoms with E-state index in [1.807, 2.05) is 28.8 Å². The fraction of sp³-hybridized carbons (Fsp3) is 0.273. The molecule has 0 bridgehead atoms. The van der Waals surface area contributed by atoms with Gasteiger partial charge in [0.25, 0.3) is 0 Å². The lowest BCUT2D eigenvalue weighted by Crippen LogP contribution is -2.04. The van der Waals surface area contributed by atoms with Crippen molar-refractivity contribution in [2.45, 2.75) is 6.54 Å². The van der Waals surface area contributed by atoms with Crippen molar-refractivity contribution in [3.05, 3.63) is 35.1 Å². The van der Waals surface area contributed by atoms with Gasteiger partial charge in [0.1, 0.15) is 6.33 Å². The number of hydrogen-bond donors (Lipinski definition) is 0. The van der Waals surface area contributed by atoms with Crippen LogP contribution in [0.1, 0.15) is 0 Å². The number of benzene rings is 1. The number of aromatic nitrogens is 3. The third-order valence-electron chi connectivity index (χ3n) is 2.25. The molecule has 0 amide bonds. The van der Waals surface area contributed by atoms with Crippen LogP contribution in [0.2, 0.25) is 0 Å². The fourth-order valence-electron chi connectivity index (χ4n) is 1.43. The van der Waals surface area contributed by atoms with E-state index in [1.54, 1.807) is 13.4 Å². The summed E-state index contributed by atoms with van der Waals surface area (Å²) in [6.45, 7) is 1.41. The second-order valence-electron chi connectivity index (χ2n) is 3.35. The minimum atomic E-state index is 0.654. The van der Waals surface area contributed by atoms with Crippen molar-refractivity contribution < 1.29 is 4.74 Å². The maximum atomic E-state index is 5.04. The monoisotopic (exact) mass is 281 g/mol. The number of hydrogen-bond acceptors (Lipinski definition) is 3. The van der Waals surface area contributed by atoms with Crippen LogP contribution in [0.4, 0.5) is 0 Å². The summed E-state index contributed by atoms with van der Waals surface area (Å²) in [6, 6.07) is 8.00. The molecule has 0 N–H and O–H groups in total. The Morgan fingerprint density at radius 3 is 2.75 bits per heavy atom.